The maximum absolute atomic E-state index is 12.0. The Labute approximate surface area is 206 Å². The molecular formula is C29H42N2O3. The monoisotopic (exact) mass is 466 g/mol. The molecule has 0 bridgehead atoms. The third-order valence-corrected chi connectivity index (χ3v) is 5.57. The Morgan fingerprint density at radius 2 is 1.56 bits per heavy atom. The highest BCUT2D eigenvalue weighted by Gasteiger charge is 2.07. The van der Waals surface area contributed by atoms with Crippen molar-refractivity contribution in [3.63, 3.8) is 0 Å². The van der Waals surface area contributed by atoms with E-state index in [1.165, 1.54) is 37.7 Å². The minimum atomic E-state index is -0.239. The molecule has 5 heteroatoms. The van der Waals surface area contributed by atoms with Crippen LogP contribution in [-0.2, 0) is 16.0 Å². The van der Waals surface area contributed by atoms with Crippen LogP contribution in [0.3, 0.4) is 0 Å². The Morgan fingerprint density at radius 3 is 2.26 bits per heavy atom. The second-order valence-electron chi connectivity index (χ2n) is 8.70. The molecule has 0 radical (unpaired) electrons. The van der Waals surface area contributed by atoms with Crippen molar-refractivity contribution in [2.24, 2.45) is 0 Å². The average molecular weight is 467 g/mol. The smallest absolute Gasteiger partial charge is 0.311 e. The van der Waals surface area contributed by atoms with E-state index in [-0.39, 0.29) is 5.97 Å². The standard InChI is InChI=1S/C29H42N2O3/c1-3-5-6-7-8-9-10-13-16-28(32)34-27-23-30-29(31-24-27)26-19-17-25(18-20-26)15-12-11-14-22-33-21-4-2/h8-9,17-20,23-24H,3-7,10-16,21-22H2,1-2H3/b9-8-. The van der Waals surface area contributed by atoms with E-state index < -0.39 is 0 Å². The lowest BCUT2D eigenvalue weighted by atomic mass is 10.0. The molecule has 186 valence electrons. The van der Waals surface area contributed by atoms with E-state index in [1.807, 2.05) is 0 Å². The van der Waals surface area contributed by atoms with Gasteiger partial charge in [0.1, 0.15) is 0 Å². The average Bonchev–Trinajstić information content (AvgIpc) is 2.86. The number of hydrogen-bond acceptors (Lipinski definition) is 5. The predicted octanol–water partition coefficient (Wildman–Crippen LogP) is 7.50. The summed E-state index contributed by atoms with van der Waals surface area (Å²) < 4.78 is 10.9. The third-order valence-electron chi connectivity index (χ3n) is 5.57. The molecule has 0 atom stereocenters. The highest BCUT2D eigenvalue weighted by molar-refractivity contribution is 5.72. The summed E-state index contributed by atoms with van der Waals surface area (Å²) in [4.78, 5) is 20.8. The minimum Gasteiger partial charge on any atom is -0.423 e. The van der Waals surface area contributed by atoms with E-state index in [0.717, 1.165) is 57.3 Å². The van der Waals surface area contributed by atoms with Gasteiger partial charge >= 0.3 is 5.97 Å². The molecule has 1 heterocycles. The Kier molecular flexibility index (Phi) is 14.6. The number of nitrogens with zero attached hydrogens (tertiary/aromatic N) is 2. The summed E-state index contributed by atoms with van der Waals surface area (Å²) in [6.07, 6.45) is 20.1. The van der Waals surface area contributed by atoms with E-state index >= 15 is 0 Å². The molecule has 0 saturated carbocycles. The van der Waals surface area contributed by atoms with Gasteiger partial charge in [-0.15, -0.1) is 0 Å². The summed E-state index contributed by atoms with van der Waals surface area (Å²) in [5, 5.41) is 0. The zero-order valence-electron chi connectivity index (χ0n) is 21.1. The van der Waals surface area contributed by atoms with Crippen LogP contribution >= 0.6 is 0 Å². The van der Waals surface area contributed by atoms with Crippen LogP contribution in [0.2, 0.25) is 0 Å². The Bertz CT molecular complexity index is 816. The molecule has 0 N–H and O–H groups in total. The number of ether oxygens (including phenoxy) is 2. The van der Waals surface area contributed by atoms with Crippen molar-refractivity contribution in [2.75, 3.05) is 13.2 Å². The molecule has 0 aliphatic rings. The quantitative estimate of drug-likeness (QED) is 0.129. The molecular weight excluding hydrogens is 424 g/mol. The van der Waals surface area contributed by atoms with Gasteiger partial charge in [0.05, 0.1) is 12.4 Å². The normalized spacial score (nSPS) is 11.2. The Morgan fingerprint density at radius 1 is 0.824 bits per heavy atom. The highest BCUT2D eigenvalue weighted by Crippen LogP contribution is 2.19. The van der Waals surface area contributed by atoms with Crippen LogP contribution in [0.25, 0.3) is 11.4 Å². The van der Waals surface area contributed by atoms with Gasteiger partial charge in [-0.2, -0.15) is 0 Å². The van der Waals surface area contributed by atoms with Gasteiger partial charge in [0.2, 0.25) is 0 Å². The van der Waals surface area contributed by atoms with Crippen molar-refractivity contribution in [1.29, 1.82) is 0 Å². The van der Waals surface area contributed by atoms with Crippen molar-refractivity contribution in [1.82, 2.24) is 9.97 Å². The largest absolute Gasteiger partial charge is 0.423 e. The summed E-state index contributed by atoms with van der Waals surface area (Å²) >= 11 is 0. The van der Waals surface area contributed by atoms with Crippen molar-refractivity contribution in [3.8, 4) is 17.1 Å². The number of allylic oxidation sites excluding steroid dienone is 2. The molecule has 0 spiro atoms. The van der Waals surface area contributed by atoms with Crippen molar-refractivity contribution < 1.29 is 14.3 Å². The second kappa shape index (κ2) is 17.9. The molecule has 2 rings (SSSR count). The lowest BCUT2D eigenvalue weighted by molar-refractivity contribution is -0.134. The summed E-state index contributed by atoms with van der Waals surface area (Å²) in [6, 6.07) is 8.38. The molecule has 0 amide bonds. The van der Waals surface area contributed by atoms with Crippen LogP contribution < -0.4 is 4.74 Å². The fourth-order valence-electron chi connectivity index (χ4n) is 3.59. The first-order valence-electron chi connectivity index (χ1n) is 13.1. The van der Waals surface area contributed by atoms with E-state index in [4.69, 9.17) is 9.47 Å². The van der Waals surface area contributed by atoms with Gasteiger partial charge in [0.15, 0.2) is 11.6 Å². The molecule has 5 nitrogen and oxygen atoms in total. The van der Waals surface area contributed by atoms with Crippen LogP contribution in [0.5, 0.6) is 5.75 Å². The van der Waals surface area contributed by atoms with E-state index in [9.17, 15) is 4.79 Å². The molecule has 34 heavy (non-hydrogen) atoms. The van der Waals surface area contributed by atoms with Gasteiger partial charge in [-0.25, -0.2) is 9.97 Å². The molecule has 2 aromatic rings. The molecule has 0 fully saturated rings. The number of rotatable bonds is 18. The summed E-state index contributed by atoms with van der Waals surface area (Å²) in [5.74, 6) is 0.785. The topological polar surface area (TPSA) is 61.3 Å². The molecule has 0 unspecified atom stereocenters. The predicted molar refractivity (Wildman–Crippen MR) is 139 cm³/mol. The first-order chi connectivity index (χ1) is 16.7. The maximum Gasteiger partial charge on any atom is 0.311 e. The number of aryl methyl sites for hydroxylation is 1. The maximum atomic E-state index is 12.0. The number of hydrogen-bond donors (Lipinski definition) is 0. The Hall–Kier alpha value is -2.53. The first-order valence-corrected chi connectivity index (χ1v) is 13.1. The van der Waals surface area contributed by atoms with Crippen LogP contribution in [0.1, 0.15) is 90.0 Å². The number of carbonyl (C=O) groups excluding carboxylic acids is 1. The Balaban J connectivity index is 1.67. The SMILES string of the molecule is CCCCC/C=C\CCCC(=O)Oc1cnc(-c2ccc(CCCCCOCCC)cc2)nc1. The fraction of sp³-hybridized carbons (Fsp3) is 0.552. The van der Waals surface area contributed by atoms with Crippen LogP contribution in [-0.4, -0.2) is 29.2 Å². The van der Waals surface area contributed by atoms with Crippen molar-refractivity contribution in [3.05, 3.63) is 54.4 Å². The van der Waals surface area contributed by atoms with Crippen LogP contribution in [0.4, 0.5) is 0 Å². The zero-order chi connectivity index (χ0) is 24.3. The first kappa shape index (κ1) is 27.7. The lowest BCUT2D eigenvalue weighted by Crippen LogP contribution is -2.08. The van der Waals surface area contributed by atoms with Crippen LogP contribution in [0, 0.1) is 0 Å². The fourth-order valence-corrected chi connectivity index (χ4v) is 3.59. The summed E-state index contributed by atoms with van der Waals surface area (Å²) in [7, 11) is 0. The third kappa shape index (κ3) is 12.1. The van der Waals surface area contributed by atoms with Crippen molar-refractivity contribution in [2.45, 2.75) is 90.9 Å². The van der Waals surface area contributed by atoms with Gasteiger partial charge in [-0.3, -0.25) is 4.79 Å². The van der Waals surface area contributed by atoms with Gasteiger partial charge in [0, 0.05) is 25.2 Å². The minimum absolute atomic E-state index is 0.239. The number of carbonyl (C=O) groups is 1. The van der Waals surface area contributed by atoms with E-state index in [1.54, 1.807) is 12.4 Å². The van der Waals surface area contributed by atoms with Crippen molar-refractivity contribution >= 4 is 5.97 Å². The summed E-state index contributed by atoms with van der Waals surface area (Å²) in [6.45, 7) is 6.08. The molecule has 0 aliphatic carbocycles. The van der Waals surface area contributed by atoms with Crippen LogP contribution in [0.15, 0.2) is 48.8 Å². The van der Waals surface area contributed by atoms with Gasteiger partial charge < -0.3 is 9.47 Å². The zero-order valence-corrected chi connectivity index (χ0v) is 21.1. The number of aromatic nitrogens is 2. The van der Waals surface area contributed by atoms with Gasteiger partial charge in [-0.05, 0) is 56.9 Å². The van der Waals surface area contributed by atoms with E-state index in [0.29, 0.717) is 18.0 Å². The lowest BCUT2D eigenvalue weighted by Gasteiger charge is -2.06. The second-order valence-corrected chi connectivity index (χ2v) is 8.70. The molecule has 1 aromatic heterocycles. The number of esters is 1. The molecule has 1 aromatic carbocycles. The highest BCUT2D eigenvalue weighted by atomic mass is 16.5. The molecule has 0 aliphatic heterocycles. The van der Waals surface area contributed by atoms with Gasteiger partial charge in [-0.1, -0.05) is 69.5 Å². The van der Waals surface area contributed by atoms with E-state index in [2.05, 4.69) is 60.2 Å². The summed E-state index contributed by atoms with van der Waals surface area (Å²) in [5.41, 5.74) is 2.28. The van der Waals surface area contributed by atoms with Gasteiger partial charge in [0.25, 0.3) is 0 Å². The number of benzene rings is 1. The number of unbranched alkanes of at least 4 members (excludes halogenated alkanes) is 6. The molecule has 0 saturated heterocycles.